The molecule has 0 bridgehead atoms. The molecule has 0 saturated heterocycles. The molecule has 2 N–H and O–H groups in total. The van der Waals surface area contributed by atoms with Crippen molar-refractivity contribution < 1.29 is 9.59 Å². The summed E-state index contributed by atoms with van der Waals surface area (Å²) in [5.74, 6) is 0.281. The molecule has 0 saturated carbocycles. The molecular formula is C22H24N6O2. The van der Waals surface area contributed by atoms with Crippen LogP contribution < -0.4 is 5.32 Å². The lowest BCUT2D eigenvalue weighted by atomic mass is 10.0. The van der Waals surface area contributed by atoms with Crippen molar-refractivity contribution >= 4 is 11.8 Å². The third kappa shape index (κ3) is 3.80. The number of fused-ring (bicyclic) bond motifs is 1. The third-order valence-electron chi connectivity index (χ3n) is 5.04. The molecule has 0 atom stereocenters. The average molecular weight is 404 g/mol. The van der Waals surface area contributed by atoms with Gasteiger partial charge in [-0.05, 0) is 27.2 Å². The van der Waals surface area contributed by atoms with E-state index in [1.807, 2.05) is 51.1 Å². The van der Waals surface area contributed by atoms with Crippen LogP contribution in [0.25, 0.3) is 11.3 Å². The Bertz CT molecular complexity index is 1090. The lowest BCUT2D eigenvalue weighted by Gasteiger charge is -2.27. The number of aromatic amines is 1. The molecule has 1 aliphatic rings. The number of hydrogen-bond acceptors (Lipinski definition) is 5. The number of nitrogens with one attached hydrogen (secondary N) is 2. The van der Waals surface area contributed by atoms with Crippen molar-refractivity contribution in [2.24, 2.45) is 0 Å². The summed E-state index contributed by atoms with van der Waals surface area (Å²) in [7, 11) is 0. The van der Waals surface area contributed by atoms with E-state index in [1.165, 1.54) is 0 Å². The van der Waals surface area contributed by atoms with Gasteiger partial charge < -0.3 is 10.2 Å². The number of amides is 2. The predicted octanol–water partition coefficient (Wildman–Crippen LogP) is 2.51. The summed E-state index contributed by atoms with van der Waals surface area (Å²) in [6.45, 7) is 6.48. The van der Waals surface area contributed by atoms with Gasteiger partial charge in [0.15, 0.2) is 5.69 Å². The lowest BCUT2D eigenvalue weighted by molar-refractivity contribution is 0.0732. The van der Waals surface area contributed by atoms with Gasteiger partial charge in [-0.25, -0.2) is 9.97 Å². The standard InChI is InChI=1S/C22H24N6O2/c1-13(2)24-21(29)20-16-9-10-28(12-18(16)26-27-20)22(30)17-11-23-14(3)25-19(17)15-7-5-4-6-8-15/h4-8,11,13H,9-10,12H2,1-3H3,(H,24,29)(H,26,27). The van der Waals surface area contributed by atoms with Crippen LogP contribution in [0.5, 0.6) is 0 Å². The van der Waals surface area contributed by atoms with Gasteiger partial charge in [-0.2, -0.15) is 5.10 Å². The maximum atomic E-state index is 13.3. The highest BCUT2D eigenvalue weighted by Gasteiger charge is 2.29. The number of carbonyl (C=O) groups excluding carboxylic acids is 2. The Balaban J connectivity index is 1.60. The second-order valence-electron chi connectivity index (χ2n) is 7.68. The zero-order valence-corrected chi connectivity index (χ0v) is 17.3. The van der Waals surface area contributed by atoms with Crippen LogP contribution in [0.4, 0.5) is 0 Å². The molecule has 0 aliphatic carbocycles. The Morgan fingerprint density at radius 3 is 2.70 bits per heavy atom. The highest BCUT2D eigenvalue weighted by molar-refractivity contribution is 6.00. The molecule has 1 aromatic carbocycles. The molecule has 0 unspecified atom stereocenters. The fraction of sp³-hybridized carbons (Fsp3) is 0.318. The molecule has 2 amide bonds. The first-order valence-electron chi connectivity index (χ1n) is 9.99. The van der Waals surface area contributed by atoms with E-state index in [0.717, 1.165) is 16.8 Å². The minimum atomic E-state index is -0.194. The Hall–Kier alpha value is -3.55. The first-order chi connectivity index (χ1) is 14.4. The topological polar surface area (TPSA) is 104 Å². The summed E-state index contributed by atoms with van der Waals surface area (Å²) in [5.41, 5.74) is 4.04. The number of carbonyl (C=O) groups is 2. The largest absolute Gasteiger partial charge is 0.348 e. The zero-order chi connectivity index (χ0) is 21.3. The molecule has 30 heavy (non-hydrogen) atoms. The van der Waals surface area contributed by atoms with E-state index >= 15 is 0 Å². The van der Waals surface area contributed by atoms with Crippen LogP contribution in [-0.4, -0.2) is 49.5 Å². The lowest BCUT2D eigenvalue weighted by Crippen LogP contribution is -2.37. The van der Waals surface area contributed by atoms with Crippen molar-refractivity contribution in [3.8, 4) is 11.3 Å². The fourth-order valence-corrected chi connectivity index (χ4v) is 3.62. The maximum absolute atomic E-state index is 13.3. The van der Waals surface area contributed by atoms with E-state index in [-0.39, 0.29) is 17.9 Å². The van der Waals surface area contributed by atoms with Gasteiger partial charge in [-0.15, -0.1) is 0 Å². The molecular weight excluding hydrogens is 380 g/mol. The number of H-pyrrole nitrogens is 1. The van der Waals surface area contributed by atoms with Crippen molar-refractivity contribution in [2.75, 3.05) is 6.54 Å². The molecule has 0 spiro atoms. The molecule has 1 aliphatic heterocycles. The summed E-state index contributed by atoms with van der Waals surface area (Å²) in [5, 5.41) is 10.00. The summed E-state index contributed by atoms with van der Waals surface area (Å²) >= 11 is 0. The molecule has 3 heterocycles. The highest BCUT2D eigenvalue weighted by atomic mass is 16.2. The first kappa shape index (κ1) is 19.8. The Morgan fingerprint density at radius 2 is 1.97 bits per heavy atom. The molecule has 8 nitrogen and oxygen atoms in total. The van der Waals surface area contributed by atoms with Crippen LogP contribution in [0.2, 0.25) is 0 Å². The number of rotatable bonds is 4. The van der Waals surface area contributed by atoms with Crippen LogP contribution in [-0.2, 0) is 13.0 Å². The van der Waals surface area contributed by atoms with E-state index in [4.69, 9.17) is 0 Å². The fourth-order valence-electron chi connectivity index (χ4n) is 3.62. The highest BCUT2D eigenvalue weighted by Crippen LogP contribution is 2.26. The number of aromatic nitrogens is 4. The van der Waals surface area contributed by atoms with Crippen molar-refractivity contribution in [3.63, 3.8) is 0 Å². The zero-order valence-electron chi connectivity index (χ0n) is 17.3. The molecule has 2 aromatic heterocycles. The summed E-state index contributed by atoms with van der Waals surface area (Å²) < 4.78 is 0. The Labute approximate surface area is 174 Å². The van der Waals surface area contributed by atoms with Crippen molar-refractivity contribution in [1.82, 2.24) is 30.4 Å². The van der Waals surface area contributed by atoms with Crippen LogP contribution in [0.1, 0.15) is 51.8 Å². The van der Waals surface area contributed by atoms with Gasteiger partial charge in [-0.3, -0.25) is 14.7 Å². The maximum Gasteiger partial charge on any atom is 0.272 e. The Morgan fingerprint density at radius 1 is 1.20 bits per heavy atom. The average Bonchev–Trinajstić information content (AvgIpc) is 3.17. The smallest absolute Gasteiger partial charge is 0.272 e. The summed E-state index contributed by atoms with van der Waals surface area (Å²) in [6.07, 6.45) is 2.16. The van der Waals surface area contributed by atoms with Gasteiger partial charge in [0, 0.05) is 29.9 Å². The molecule has 3 aromatic rings. The number of aryl methyl sites for hydroxylation is 1. The van der Waals surface area contributed by atoms with Gasteiger partial charge in [0.05, 0.1) is 23.5 Å². The monoisotopic (exact) mass is 404 g/mol. The summed E-state index contributed by atoms with van der Waals surface area (Å²) in [4.78, 5) is 36.2. The molecule has 154 valence electrons. The first-order valence-corrected chi connectivity index (χ1v) is 9.99. The van der Waals surface area contributed by atoms with Gasteiger partial charge >= 0.3 is 0 Å². The molecule has 0 fully saturated rings. The van der Waals surface area contributed by atoms with E-state index in [9.17, 15) is 9.59 Å². The van der Waals surface area contributed by atoms with E-state index < -0.39 is 0 Å². The minimum Gasteiger partial charge on any atom is -0.348 e. The van der Waals surface area contributed by atoms with Crippen LogP contribution in [0.3, 0.4) is 0 Å². The quantitative estimate of drug-likeness (QED) is 0.695. The molecule has 0 radical (unpaired) electrons. The van der Waals surface area contributed by atoms with Gasteiger partial charge in [0.2, 0.25) is 0 Å². The number of benzene rings is 1. The van der Waals surface area contributed by atoms with E-state index in [2.05, 4.69) is 25.5 Å². The van der Waals surface area contributed by atoms with E-state index in [0.29, 0.717) is 42.3 Å². The van der Waals surface area contributed by atoms with Crippen molar-refractivity contribution in [1.29, 1.82) is 0 Å². The van der Waals surface area contributed by atoms with Crippen molar-refractivity contribution in [2.45, 2.75) is 39.8 Å². The van der Waals surface area contributed by atoms with E-state index in [1.54, 1.807) is 11.1 Å². The SMILES string of the molecule is Cc1ncc(C(=O)N2CCc3c(C(=O)NC(C)C)n[nH]c3C2)c(-c2ccccc2)n1. The molecule has 8 heteroatoms. The minimum absolute atomic E-state index is 0.0319. The van der Waals surface area contributed by atoms with Crippen LogP contribution in [0.15, 0.2) is 36.5 Å². The molecule has 4 rings (SSSR count). The van der Waals surface area contributed by atoms with Crippen molar-refractivity contribution in [3.05, 3.63) is 64.9 Å². The summed E-state index contributed by atoms with van der Waals surface area (Å²) in [6, 6.07) is 9.66. The third-order valence-corrected chi connectivity index (χ3v) is 5.04. The number of nitrogens with zero attached hydrogens (tertiary/aromatic N) is 4. The number of hydrogen-bond donors (Lipinski definition) is 2. The predicted molar refractivity (Wildman–Crippen MR) is 112 cm³/mol. The van der Waals surface area contributed by atoms with Gasteiger partial charge in [-0.1, -0.05) is 30.3 Å². The second-order valence-corrected chi connectivity index (χ2v) is 7.68. The van der Waals surface area contributed by atoms with Gasteiger partial charge in [0.25, 0.3) is 11.8 Å². The Kier molecular flexibility index (Phi) is 5.31. The van der Waals surface area contributed by atoms with Crippen LogP contribution >= 0.6 is 0 Å². The normalized spacial score (nSPS) is 13.3. The van der Waals surface area contributed by atoms with Crippen LogP contribution in [0, 0.1) is 6.92 Å². The van der Waals surface area contributed by atoms with Gasteiger partial charge in [0.1, 0.15) is 5.82 Å². The second kappa shape index (κ2) is 8.06.